The average molecular weight is 737 g/mol. The summed E-state index contributed by atoms with van der Waals surface area (Å²) in [5, 5.41) is 11.5. The van der Waals surface area contributed by atoms with Crippen LogP contribution in [-0.4, -0.2) is 52.2 Å². The number of amides is 2. The van der Waals surface area contributed by atoms with Crippen LogP contribution in [0, 0.1) is 6.92 Å². The third-order valence-corrected chi connectivity index (χ3v) is 9.40. The third-order valence-electron chi connectivity index (χ3n) is 9.40. The van der Waals surface area contributed by atoms with Crippen LogP contribution in [0.2, 0.25) is 0 Å². The maximum atomic E-state index is 13.8. The summed E-state index contributed by atoms with van der Waals surface area (Å²) in [6, 6.07) is 27.4. The van der Waals surface area contributed by atoms with E-state index < -0.39 is 11.8 Å². The van der Waals surface area contributed by atoms with E-state index in [2.05, 4.69) is 49.9 Å². The summed E-state index contributed by atoms with van der Waals surface area (Å²) in [5.41, 5.74) is 6.15. The molecule has 2 N–H and O–H groups in total. The molecule has 0 unspecified atom stereocenters. The number of carbonyl (C=O) groups is 2. The van der Waals surface area contributed by atoms with Crippen molar-refractivity contribution < 1.29 is 23.5 Å². The van der Waals surface area contributed by atoms with Crippen LogP contribution in [0.3, 0.4) is 0 Å². The van der Waals surface area contributed by atoms with Gasteiger partial charge in [-0.2, -0.15) is 5.10 Å². The second-order valence-electron chi connectivity index (χ2n) is 13.3. The van der Waals surface area contributed by atoms with Gasteiger partial charge in [0.2, 0.25) is 0 Å². The SMILES string of the molecule is COc1cc(NC(=O)c2cc(=O)c3cc(C)ccc3o2)c(C(=O)Nc2ccc(CCN(Cc3cccnc3)Cc3ccc4c(cnn4C)c3)cc2)cc1OC. The Balaban J connectivity index is 1.06. The molecule has 7 rings (SSSR count). The van der Waals surface area contributed by atoms with Gasteiger partial charge in [0.05, 0.1) is 42.6 Å². The number of aryl methyl sites for hydroxylation is 2. The standard InChI is InChI=1S/C43H40N6O6/c1-27-7-14-38-34(18-27)37(50)22-41(55-38)43(52)47-35-21-40(54-4)39(53-3)20-33(35)42(51)46-32-11-8-28(9-12-32)15-17-49(26-30-6-5-16-44-23-30)25-29-10-13-36-31(19-29)24-45-48(36)2/h5-14,16,18-24H,15,17,25-26H2,1-4H3,(H,46,51)(H,47,52). The zero-order valence-electron chi connectivity index (χ0n) is 31.0. The van der Waals surface area contributed by atoms with Gasteiger partial charge in [0.25, 0.3) is 11.8 Å². The molecular weight excluding hydrogens is 697 g/mol. The number of fused-ring (bicyclic) bond motifs is 2. The number of pyridine rings is 1. The zero-order valence-corrected chi connectivity index (χ0v) is 31.0. The number of aromatic nitrogens is 3. The van der Waals surface area contributed by atoms with E-state index in [0.29, 0.717) is 22.6 Å². The number of rotatable bonds is 13. The number of hydrogen-bond acceptors (Lipinski definition) is 9. The first kappa shape index (κ1) is 36.6. The number of ether oxygens (including phenoxy) is 2. The van der Waals surface area contributed by atoms with Crippen LogP contribution < -0.4 is 25.5 Å². The Hall–Kier alpha value is -6.79. The molecule has 0 saturated carbocycles. The van der Waals surface area contributed by atoms with E-state index >= 15 is 0 Å². The first-order valence-corrected chi connectivity index (χ1v) is 17.7. The molecule has 0 aliphatic carbocycles. The summed E-state index contributed by atoms with van der Waals surface area (Å²) in [6.07, 6.45) is 6.34. The number of anilines is 2. The lowest BCUT2D eigenvalue weighted by atomic mass is 10.1. The largest absolute Gasteiger partial charge is 0.493 e. The van der Waals surface area contributed by atoms with E-state index in [0.717, 1.165) is 59.7 Å². The van der Waals surface area contributed by atoms with Crippen LogP contribution in [-0.2, 0) is 26.6 Å². The maximum absolute atomic E-state index is 13.8. The van der Waals surface area contributed by atoms with Gasteiger partial charge in [-0.15, -0.1) is 0 Å². The Morgan fingerprint density at radius 1 is 0.818 bits per heavy atom. The van der Waals surface area contributed by atoms with Gasteiger partial charge >= 0.3 is 0 Å². The highest BCUT2D eigenvalue weighted by Crippen LogP contribution is 2.34. The van der Waals surface area contributed by atoms with Gasteiger partial charge in [0.15, 0.2) is 22.7 Å². The van der Waals surface area contributed by atoms with E-state index in [-0.39, 0.29) is 28.0 Å². The van der Waals surface area contributed by atoms with Crippen LogP contribution in [0.25, 0.3) is 21.9 Å². The van der Waals surface area contributed by atoms with Crippen LogP contribution >= 0.6 is 0 Å². The van der Waals surface area contributed by atoms with Crippen molar-refractivity contribution in [1.82, 2.24) is 19.7 Å². The lowest BCUT2D eigenvalue weighted by Gasteiger charge is -2.23. The minimum atomic E-state index is -0.708. The maximum Gasteiger partial charge on any atom is 0.291 e. The average Bonchev–Trinajstić information content (AvgIpc) is 3.57. The highest BCUT2D eigenvalue weighted by Gasteiger charge is 2.21. The number of methoxy groups -OCH3 is 2. The molecule has 12 heteroatoms. The molecule has 55 heavy (non-hydrogen) atoms. The van der Waals surface area contributed by atoms with E-state index in [9.17, 15) is 14.4 Å². The number of nitrogens with one attached hydrogen (secondary N) is 2. The molecule has 0 atom stereocenters. The Bertz CT molecular complexity index is 2560. The molecule has 3 heterocycles. The second-order valence-corrected chi connectivity index (χ2v) is 13.3. The topological polar surface area (TPSA) is 141 Å². The number of hydrogen-bond donors (Lipinski definition) is 2. The fourth-order valence-corrected chi connectivity index (χ4v) is 6.51. The predicted octanol–water partition coefficient (Wildman–Crippen LogP) is 7.15. The molecule has 4 aromatic carbocycles. The Morgan fingerprint density at radius 3 is 2.35 bits per heavy atom. The van der Waals surface area contributed by atoms with E-state index in [1.165, 1.54) is 31.9 Å². The van der Waals surface area contributed by atoms with Gasteiger partial charge in [-0.1, -0.05) is 35.9 Å². The van der Waals surface area contributed by atoms with E-state index in [1.54, 1.807) is 24.4 Å². The predicted molar refractivity (Wildman–Crippen MR) is 212 cm³/mol. The molecule has 3 aromatic heterocycles. The summed E-state index contributed by atoms with van der Waals surface area (Å²) in [7, 11) is 4.85. The number of carbonyl (C=O) groups excluding carboxylic acids is 2. The van der Waals surface area contributed by atoms with Crippen LogP contribution in [0.5, 0.6) is 11.5 Å². The molecule has 0 fully saturated rings. The Labute approximate surface area is 317 Å². The molecule has 7 aromatic rings. The van der Waals surface area contributed by atoms with Crippen molar-refractivity contribution in [3.63, 3.8) is 0 Å². The van der Waals surface area contributed by atoms with Gasteiger partial charge in [0, 0.05) is 62.3 Å². The molecule has 278 valence electrons. The molecule has 12 nitrogen and oxygen atoms in total. The highest BCUT2D eigenvalue weighted by molar-refractivity contribution is 6.12. The third kappa shape index (κ3) is 8.40. The van der Waals surface area contributed by atoms with Crippen molar-refractivity contribution >= 4 is 45.1 Å². The van der Waals surface area contributed by atoms with Crippen molar-refractivity contribution in [2.75, 3.05) is 31.4 Å². The first-order valence-electron chi connectivity index (χ1n) is 17.7. The summed E-state index contributed by atoms with van der Waals surface area (Å²) in [4.78, 5) is 46.7. The monoisotopic (exact) mass is 736 g/mol. The van der Waals surface area contributed by atoms with Crippen molar-refractivity contribution in [2.24, 2.45) is 7.05 Å². The zero-order chi connectivity index (χ0) is 38.5. The smallest absolute Gasteiger partial charge is 0.291 e. The molecule has 0 spiro atoms. The molecule has 0 aliphatic heterocycles. The summed E-state index contributed by atoms with van der Waals surface area (Å²) >= 11 is 0. The van der Waals surface area contributed by atoms with Gasteiger partial charge in [-0.05, 0) is 78.6 Å². The Morgan fingerprint density at radius 2 is 1.58 bits per heavy atom. The van der Waals surface area contributed by atoms with Crippen LogP contribution in [0.15, 0.2) is 119 Å². The summed E-state index contributed by atoms with van der Waals surface area (Å²) in [6.45, 7) is 4.15. The molecule has 0 aliphatic rings. The molecule has 2 amide bonds. The van der Waals surface area contributed by atoms with E-state index in [1.807, 2.05) is 61.4 Å². The normalized spacial score (nSPS) is 11.2. The summed E-state index contributed by atoms with van der Waals surface area (Å²) < 4.78 is 18.6. The summed E-state index contributed by atoms with van der Waals surface area (Å²) in [5.74, 6) is -0.811. The van der Waals surface area contributed by atoms with Crippen LogP contribution in [0.1, 0.15) is 43.2 Å². The molecule has 0 bridgehead atoms. The van der Waals surface area contributed by atoms with Crippen LogP contribution in [0.4, 0.5) is 11.4 Å². The lowest BCUT2D eigenvalue weighted by Crippen LogP contribution is -2.25. The van der Waals surface area contributed by atoms with Gasteiger partial charge in [-0.3, -0.25) is 28.9 Å². The second kappa shape index (κ2) is 16.1. The highest BCUT2D eigenvalue weighted by atomic mass is 16.5. The quantitative estimate of drug-likeness (QED) is 0.126. The van der Waals surface area contributed by atoms with Gasteiger partial charge < -0.3 is 24.5 Å². The van der Waals surface area contributed by atoms with Crippen molar-refractivity contribution in [1.29, 1.82) is 0 Å². The van der Waals surface area contributed by atoms with Crippen molar-refractivity contribution in [2.45, 2.75) is 26.4 Å². The molecule has 0 radical (unpaired) electrons. The molecular formula is C43H40N6O6. The van der Waals surface area contributed by atoms with Gasteiger partial charge in [0.1, 0.15) is 5.58 Å². The number of benzene rings is 4. The van der Waals surface area contributed by atoms with Crippen molar-refractivity contribution in [3.8, 4) is 11.5 Å². The van der Waals surface area contributed by atoms with Crippen molar-refractivity contribution in [3.05, 3.63) is 153 Å². The fraction of sp³-hybridized carbons (Fsp3) is 0.186. The number of nitrogens with zero attached hydrogens (tertiary/aromatic N) is 4. The fourth-order valence-electron chi connectivity index (χ4n) is 6.51. The Kier molecular flexibility index (Phi) is 10.7. The minimum Gasteiger partial charge on any atom is -0.493 e. The lowest BCUT2D eigenvalue weighted by molar-refractivity contribution is 0.0997. The van der Waals surface area contributed by atoms with Gasteiger partial charge in [-0.25, -0.2) is 0 Å². The first-order chi connectivity index (χ1) is 26.7. The molecule has 0 saturated heterocycles. The van der Waals surface area contributed by atoms with E-state index in [4.69, 9.17) is 13.9 Å². The minimum absolute atomic E-state index is 0.115.